The summed E-state index contributed by atoms with van der Waals surface area (Å²) >= 11 is 1.83. The summed E-state index contributed by atoms with van der Waals surface area (Å²) in [4.78, 5) is 13.0. The van der Waals surface area contributed by atoms with Gasteiger partial charge in [-0.15, -0.1) is 11.8 Å². The molecular weight excluding hydrogens is 394 g/mol. The van der Waals surface area contributed by atoms with Gasteiger partial charge in [0.15, 0.2) is 0 Å². The molecule has 2 aromatic rings. The second kappa shape index (κ2) is 9.54. The molecule has 0 saturated heterocycles. The van der Waals surface area contributed by atoms with E-state index < -0.39 is 0 Å². The number of benzene rings is 1. The maximum Gasteiger partial charge on any atom is 0.225 e. The minimum Gasteiger partial charge on any atom is -0.392 e. The van der Waals surface area contributed by atoms with Gasteiger partial charge in [-0.3, -0.25) is 0 Å². The van der Waals surface area contributed by atoms with Gasteiger partial charge in [0.1, 0.15) is 5.82 Å². The van der Waals surface area contributed by atoms with Crippen LogP contribution in [0.2, 0.25) is 0 Å². The van der Waals surface area contributed by atoms with E-state index in [1.807, 2.05) is 55.9 Å². The molecular formula is C23H33N5OS. The number of hydrogen-bond donors (Lipinski definition) is 3. The first kappa shape index (κ1) is 21.4. The molecule has 1 saturated carbocycles. The van der Waals surface area contributed by atoms with E-state index in [0.29, 0.717) is 17.3 Å². The van der Waals surface area contributed by atoms with Crippen molar-refractivity contribution in [3.8, 4) is 0 Å². The van der Waals surface area contributed by atoms with Crippen molar-refractivity contribution in [3.05, 3.63) is 35.2 Å². The fraction of sp³-hybridized carbons (Fsp3) is 0.565. The standard InChI is InChI=1S/C23H33N5OS/c1-15(29)21-13-12-18(30-21)14-24-16-8-10-17(11-9-16)25-23-26-20-7-5-4-6-19(20)22(27-23)28(2)3/h4-7,12,15-17,21,24,29H,8-11,13-14H2,1-3H3,(H,25,26,27)/t15?,16-,17+,21?. The number of allylic oxidation sites excluding steroid dienone is 1. The van der Waals surface area contributed by atoms with Gasteiger partial charge in [0.2, 0.25) is 5.95 Å². The largest absolute Gasteiger partial charge is 0.392 e. The summed E-state index contributed by atoms with van der Waals surface area (Å²) in [6.07, 6.45) is 7.57. The molecule has 2 atom stereocenters. The van der Waals surface area contributed by atoms with Crippen LogP contribution < -0.4 is 15.5 Å². The molecule has 0 bridgehead atoms. The zero-order chi connectivity index (χ0) is 21.1. The third kappa shape index (κ3) is 5.07. The fourth-order valence-electron chi connectivity index (χ4n) is 4.28. The lowest BCUT2D eigenvalue weighted by Gasteiger charge is -2.30. The maximum absolute atomic E-state index is 9.75. The monoisotopic (exact) mass is 427 g/mol. The van der Waals surface area contributed by atoms with Crippen LogP contribution in [-0.4, -0.2) is 59.2 Å². The van der Waals surface area contributed by atoms with Crippen molar-refractivity contribution in [2.24, 2.45) is 0 Å². The molecule has 7 heteroatoms. The van der Waals surface area contributed by atoms with E-state index in [9.17, 15) is 5.11 Å². The van der Waals surface area contributed by atoms with Gasteiger partial charge in [-0.25, -0.2) is 4.98 Å². The highest BCUT2D eigenvalue weighted by molar-refractivity contribution is 8.04. The van der Waals surface area contributed by atoms with Gasteiger partial charge in [-0.1, -0.05) is 18.2 Å². The summed E-state index contributed by atoms with van der Waals surface area (Å²) in [5, 5.41) is 18.5. The van der Waals surface area contributed by atoms with Crippen molar-refractivity contribution in [1.29, 1.82) is 0 Å². The summed E-state index contributed by atoms with van der Waals surface area (Å²) in [6.45, 7) is 2.81. The smallest absolute Gasteiger partial charge is 0.225 e. The molecule has 0 radical (unpaired) electrons. The number of fused-ring (bicyclic) bond motifs is 1. The second-order valence-corrected chi connectivity index (χ2v) is 10.0. The Balaban J connectivity index is 1.29. The Kier molecular flexibility index (Phi) is 6.80. The van der Waals surface area contributed by atoms with E-state index in [0.717, 1.165) is 61.3 Å². The Hall–Kier alpha value is -1.83. The molecule has 1 fully saturated rings. The maximum atomic E-state index is 9.75. The van der Waals surface area contributed by atoms with Crippen LogP contribution in [0, 0.1) is 0 Å². The Morgan fingerprint density at radius 2 is 1.87 bits per heavy atom. The predicted molar refractivity (Wildman–Crippen MR) is 127 cm³/mol. The average Bonchev–Trinajstić information content (AvgIpc) is 3.22. The minimum atomic E-state index is -0.240. The molecule has 162 valence electrons. The number of para-hydroxylation sites is 1. The number of hydrogen-bond acceptors (Lipinski definition) is 7. The lowest BCUT2D eigenvalue weighted by atomic mass is 9.91. The van der Waals surface area contributed by atoms with E-state index in [-0.39, 0.29) is 6.10 Å². The highest BCUT2D eigenvalue weighted by atomic mass is 32.2. The first-order valence-corrected chi connectivity index (χ1v) is 11.9. The summed E-state index contributed by atoms with van der Waals surface area (Å²) < 4.78 is 0. The van der Waals surface area contributed by atoms with E-state index >= 15 is 0 Å². The van der Waals surface area contributed by atoms with Crippen molar-refractivity contribution in [2.75, 3.05) is 30.9 Å². The molecule has 0 amide bonds. The molecule has 0 spiro atoms. The number of anilines is 2. The van der Waals surface area contributed by atoms with Gasteiger partial charge in [0.05, 0.1) is 11.6 Å². The van der Waals surface area contributed by atoms with Crippen LogP contribution in [0.25, 0.3) is 10.9 Å². The molecule has 1 aromatic carbocycles. The van der Waals surface area contributed by atoms with Crippen molar-refractivity contribution in [1.82, 2.24) is 15.3 Å². The van der Waals surface area contributed by atoms with Crippen molar-refractivity contribution in [3.63, 3.8) is 0 Å². The molecule has 1 aromatic heterocycles. The highest BCUT2D eigenvalue weighted by Gasteiger charge is 2.25. The number of aliphatic hydroxyl groups is 1. The first-order chi connectivity index (χ1) is 14.5. The van der Waals surface area contributed by atoms with Crippen molar-refractivity contribution in [2.45, 2.75) is 62.5 Å². The van der Waals surface area contributed by atoms with Crippen LogP contribution in [0.5, 0.6) is 0 Å². The van der Waals surface area contributed by atoms with Gasteiger partial charge in [-0.2, -0.15) is 4.98 Å². The Morgan fingerprint density at radius 3 is 2.57 bits per heavy atom. The lowest BCUT2D eigenvalue weighted by Crippen LogP contribution is -2.37. The fourth-order valence-corrected chi connectivity index (χ4v) is 5.42. The first-order valence-electron chi connectivity index (χ1n) is 11.0. The van der Waals surface area contributed by atoms with Gasteiger partial charge in [0.25, 0.3) is 0 Å². The van der Waals surface area contributed by atoms with Crippen LogP contribution in [-0.2, 0) is 0 Å². The van der Waals surface area contributed by atoms with E-state index in [4.69, 9.17) is 9.97 Å². The molecule has 30 heavy (non-hydrogen) atoms. The number of nitrogens with zero attached hydrogens (tertiary/aromatic N) is 3. The zero-order valence-electron chi connectivity index (χ0n) is 18.1. The topological polar surface area (TPSA) is 73.3 Å². The van der Waals surface area contributed by atoms with E-state index in [1.54, 1.807) is 0 Å². The third-order valence-electron chi connectivity index (χ3n) is 6.05. The summed E-state index contributed by atoms with van der Waals surface area (Å²) in [6, 6.07) is 9.16. The molecule has 1 aliphatic heterocycles. The normalized spacial score (nSPS) is 25.2. The van der Waals surface area contributed by atoms with Crippen LogP contribution in [0.15, 0.2) is 35.2 Å². The molecule has 2 aliphatic rings. The van der Waals surface area contributed by atoms with E-state index in [2.05, 4.69) is 22.8 Å². The second-order valence-electron chi connectivity index (χ2n) is 8.66. The van der Waals surface area contributed by atoms with Gasteiger partial charge in [-0.05, 0) is 56.1 Å². The number of aromatic nitrogens is 2. The van der Waals surface area contributed by atoms with E-state index in [1.165, 1.54) is 4.91 Å². The molecule has 6 nitrogen and oxygen atoms in total. The molecule has 4 rings (SSSR count). The molecule has 3 N–H and O–H groups in total. The number of rotatable bonds is 7. The molecule has 1 aliphatic carbocycles. The van der Waals surface area contributed by atoms with Crippen LogP contribution in [0.4, 0.5) is 11.8 Å². The molecule has 2 heterocycles. The summed E-state index contributed by atoms with van der Waals surface area (Å²) in [5.74, 6) is 1.68. The number of nitrogens with one attached hydrogen (secondary N) is 2. The Bertz CT molecular complexity index is 892. The average molecular weight is 428 g/mol. The summed E-state index contributed by atoms with van der Waals surface area (Å²) in [7, 11) is 4.05. The lowest BCUT2D eigenvalue weighted by molar-refractivity contribution is 0.192. The Labute approximate surface area is 183 Å². The summed E-state index contributed by atoms with van der Waals surface area (Å²) in [5.41, 5.74) is 0.979. The SMILES string of the molecule is CC(O)C1CC=C(CN[C@H]2CC[C@@H](Nc3nc(N(C)C)c4ccccc4n3)CC2)S1. The predicted octanol–water partition coefficient (Wildman–Crippen LogP) is 3.78. The van der Waals surface area contributed by atoms with Crippen molar-refractivity contribution >= 4 is 34.4 Å². The quantitative estimate of drug-likeness (QED) is 0.621. The van der Waals surface area contributed by atoms with Gasteiger partial charge < -0.3 is 20.6 Å². The van der Waals surface area contributed by atoms with Gasteiger partial charge in [0, 0.05) is 43.4 Å². The molecule has 2 unspecified atom stereocenters. The van der Waals surface area contributed by atoms with Crippen molar-refractivity contribution < 1.29 is 5.11 Å². The van der Waals surface area contributed by atoms with Crippen LogP contribution >= 0.6 is 11.8 Å². The van der Waals surface area contributed by atoms with Gasteiger partial charge >= 0.3 is 0 Å². The number of aliphatic hydroxyl groups excluding tert-OH is 1. The van der Waals surface area contributed by atoms with Crippen LogP contribution in [0.3, 0.4) is 0 Å². The highest BCUT2D eigenvalue weighted by Crippen LogP contribution is 2.34. The minimum absolute atomic E-state index is 0.240. The third-order valence-corrected chi connectivity index (χ3v) is 7.55. The zero-order valence-corrected chi connectivity index (χ0v) is 19.0. The number of thioether (sulfide) groups is 1. The van der Waals surface area contributed by atoms with Crippen LogP contribution in [0.1, 0.15) is 39.0 Å². The Morgan fingerprint density at radius 1 is 1.13 bits per heavy atom.